The van der Waals surface area contributed by atoms with Gasteiger partial charge in [0, 0.05) is 0 Å². The molecule has 0 radical (unpaired) electrons. The van der Waals surface area contributed by atoms with Crippen molar-refractivity contribution in [2.45, 2.75) is 0 Å². The molecule has 0 unspecified atom stereocenters. The molecule has 0 fully saturated rings. The lowest BCUT2D eigenvalue weighted by Gasteiger charge is -2.05. The van der Waals surface area contributed by atoms with E-state index in [-0.39, 0.29) is 20.1 Å². The third-order valence-corrected chi connectivity index (χ3v) is 4.77. The van der Waals surface area contributed by atoms with Crippen LogP contribution in [0.3, 0.4) is 0 Å². The Morgan fingerprint density at radius 3 is 1.64 bits per heavy atom. The molecule has 1 aromatic rings. The summed E-state index contributed by atoms with van der Waals surface area (Å²) >= 11 is 24.5. The van der Waals surface area contributed by atoms with E-state index >= 15 is 0 Å². The van der Waals surface area contributed by atoms with Gasteiger partial charge in [-0.1, -0.05) is 46.4 Å². The van der Waals surface area contributed by atoms with Gasteiger partial charge in [0.1, 0.15) is 10.0 Å². The SMILES string of the molecule is O=[N+]([O-])c1c(Cl)c(Cl)c(I)c(Cl)c1Cl. The van der Waals surface area contributed by atoms with Gasteiger partial charge >= 0.3 is 5.69 Å². The van der Waals surface area contributed by atoms with Gasteiger partial charge in [0.05, 0.1) is 18.5 Å². The van der Waals surface area contributed by atoms with Crippen molar-refractivity contribution in [3.63, 3.8) is 0 Å². The Balaban J connectivity index is 3.68. The molecule has 0 aliphatic carbocycles. The van der Waals surface area contributed by atoms with E-state index in [1.807, 2.05) is 0 Å². The smallest absolute Gasteiger partial charge is 0.258 e. The van der Waals surface area contributed by atoms with E-state index in [1.54, 1.807) is 22.6 Å². The van der Waals surface area contributed by atoms with Gasteiger partial charge in [-0.25, -0.2) is 0 Å². The first-order chi connectivity index (χ1) is 6.37. The zero-order chi connectivity index (χ0) is 11.0. The molecule has 76 valence electrons. The number of hydrogen-bond acceptors (Lipinski definition) is 2. The molecule has 0 atom stereocenters. The lowest BCUT2D eigenvalue weighted by atomic mass is 10.3. The van der Waals surface area contributed by atoms with Gasteiger partial charge in [0.2, 0.25) is 0 Å². The molecule has 1 rings (SSSR count). The maximum absolute atomic E-state index is 10.6. The van der Waals surface area contributed by atoms with Crippen LogP contribution in [0.5, 0.6) is 0 Å². The van der Waals surface area contributed by atoms with Crippen LogP contribution < -0.4 is 0 Å². The maximum Gasteiger partial charge on any atom is 0.309 e. The van der Waals surface area contributed by atoms with Crippen LogP contribution in [0.2, 0.25) is 20.1 Å². The summed E-state index contributed by atoms with van der Waals surface area (Å²) in [5, 5.41) is 10.2. The number of halogens is 5. The Hall–Kier alpha value is 0.510. The average molecular weight is 387 g/mol. The van der Waals surface area contributed by atoms with E-state index in [4.69, 9.17) is 46.4 Å². The number of nitro benzene ring substituents is 1. The first-order valence-electron chi connectivity index (χ1n) is 3.03. The largest absolute Gasteiger partial charge is 0.309 e. The van der Waals surface area contributed by atoms with Crippen molar-refractivity contribution in [2.24, 2.45) is 0 Å². The Morgan fingerprint density at radius 2 is 1.36 bits per heavy atom. The van der Waals surface area contributed by atoms with Crippen LogP contribution >= 0.6 is 69.0 Å². The molecule has 0 N–H and O–H groups in total. The number of benzene rings is 1. The molecule has 0 aliphatic heterocycles. The molecular weight excluding hydrogens is 387 g/mol. The van der Waals surface area contributed by atoms with E-state index < -0.39 is 10.6 Å². The highest BCUT2D eigenvalue weighted by Gasteiger charge is 2.26. The quantitative estimate of drug-likeness (QED) is 0.228. The third kappa shape index (κ3) is 2.04. The molecule has 0 bridgehead atoms. The summed E-state index contributed by atoms with van der Waals surface area (Å²) in [6.07, 6.45) is 0. The molecule has 0 saturated carbocycles. The molecule has 0 amide bonds. The van der Waals surface area contributed by atoms with Crippen LogP contribution in [0, 0.1) is 13.7 Å². The van der Waals surface area contributed by atoms with Crippen molar-refractivity contribution in [1.82, 2.24) is 0 Å². The molecular formula is C6Cl4INO2. The van der Waals surface area contributed by atoms with Gasteiger partial charge in [-0.3, -0.25) is 10.1 Å². The number of rotatable bonds is 1. The maximum atomic E-state index is 10.6. The lowest BCUT2D eigenvalue weighted by Crippen LogP contribution is -1.94. The van der Waals surface area contributed by atoms with E-state index in [9.17, 15) is 10.1 Å². The van der Waals surface area contributed by atoms with Crippen molar-refractivity contribution in [3.8, 4) is 0 Å². The first kappa shape index (κ1) is 12.6. The second kappa shape index (κ2) is 4.57. The van der Waals surface area contributed by atoms with Gasteiger partial charge in [-0.2, -0.15) is 0 Å². The van der Waals surface area contributed by atoms with Gasteiger partial charge in [0.25, 0.3) is 0 Å². The summed E-state index contributed by atoms with van der Waals surface area (Å²) in [6, 6.07) is 0. The molecule has 0 heterocycles. The zero-order valence-electron chi connectivity index (χ0n) is 6.15. The van der Waals surface area contributed by atoms with Crippen molar-refractivity contribution >= 4 is 74.7 Å². The summed E-state index contributed by atoms with van der Waals surface area (Å²) in [4.78, 5) is 9.85. The summed E-state index contributed by atoms with van der Waals surface area (Å²) < 4.78 is 0.395. The molecule has 14 heavy (non-hydrogen) atoms. The fourth-order valence-corrected chi connectivity index (χ4v) is 2.59. The fourth-order valence-electron chi connectivity index (χ4n) is 0.754. The lowest BCUT2D eigenvalue weighted by molar-refractivity contribution is -0.384. The Labute approximate surface area is 113 Å². The average Bonchev–Trinajstić information content (AvgIpc) is 2.11. The van der Waals surface area contributed by atoms with Crippen molar-refractivity contribution in [3.05, 3.63) is 33.8 Å². The van der Waals surface area contributed by atoms with E-state index in [1.165, 1.54) is 0 Å². The van der Waals surface area contributed by atoms with Crippen LogP contribution in [-0.2, 0) is 0 Å². The second-order valence-electron chi connectivity index (χ2n) is 2.18. The second-order valence-corrected chi connectivity index (χ2v) is 4.77. The summed E-state index contributed by atoms with van der Waals surface area (Å²) in [7, 11) is 0. The Kier molecular flexibility index (Phi) is 4.11. The minimum Gasteiger partial charge on any atom is -0.258 e. The number of nitrogens with zero attached hydrogens (tertiary/aromatic N) is 1. The third-order valence-electron chi connectivity index (χ3n) is 1.37. The van der Waals surface area contributed by atoms with Crippen LogP contribution in [0.15, 0.2) is 0 Å². The van der Waals surface area contributed by atoms with Gasteiger partial charge in [-0.15, -0.1) is 0 Å². The van der Waals surface area contributed by atoms with Crippen molar-refractivity contribution in [1.29, 1.82) is 0 Å². The molecule has 0 spiro atoms. The molecule has 0 aliphatic rings. The molecule has 8 heteroatoms. The number of hydrogen-bond donors (Lipinski definition) is 0. The predicted molar refractivity (Wildman–Crippen MR) is 65.9 cm³/mol. The first-order valence-corrected chi connectivity index (χ1v) is 5.62. The van der Waals surface area contributed by atoms with Crippen LogP contribution in [0.1, 0.15) is 0 Å². The van der Waals surface area contributed by atoms with Crippen molar-refractivity contribution in [2.75, 3.05) is 0 Å². The minimum atomic E-state index is -0.724. The molecule has 0 aromatic heterocycles. The van der Waals surface area contributed by atoms with Crippen LogP contribution in [0.4, 0.5) is 5.69 Å². The normalized spacial score (nSPS) is 10.4. The monoisotopic (exact) mass is 385 g/mol. The molecule has 0 saturated heterocycles. The van der Waals surface area contributed by atoms with E-state index in [0.717, 1.165) is 0 Å². The predicted octanol–water partition coefficient (Wildman–Crippen LogP) is 4.81. The molecule has 3 nitrogen and oxygen atoms in total. The van der Waals surface area contributed by atoms with Crippen LogP contribution in [0.25, 0.3) is 0 Å². The Bertz CT molecular complexity index is 394. The Morgan fingerprint density at radius 1 is 1.00 bits per heavy atom. The summed E-state index contributed by atoms with van der Waals surface area (Å²) in [5.74, 6) is 0. The highest BCUT2D eigenvalue weighted by molar-refractivity contribution is 14.1. The number of nitro groups is 1. The van der Waals surface area contributed by atoms with E-state index in [2.05, 4.69) is 0 Å². The van der Waals surface area contributed by atoms with Gasteiger partial charge in [-0.05, 0) is 22.6 Å². The minimum absolute atomic E-state index is 0.0355. The highest BCUT2D eigenvalue weighted by Crippen LogP contribution is 2.45. The topological polar surface area (TPSA) is 43.1 Å². The fraction of sp³-hybridized carbons (Fsp3) is 0. The van der Waals surface area contributed by atoms with E-state index in [0.29, 0.717) is 3.57 Å². The highest BCUT2D eigenvalue weighted by atomic mass is 127. The van der Waals surface area contributed by atoms with Crippen molar-refractivity contribution < 1.29 is 4.92 Å². The molecule has 1 aromatic carbocycles. The standard InChI is InChI=1S/C6Cl4INO2/c7-1-3(9)6(12(13)14)4(10)2(8)5(1)11. The van der Waals surface area contributed by atoms with Crippen LogP contribution in [-0.4, -0.2) is 4.92 Å². The summed E-state index contributed by atoms with van der Waals surface area (Å²) in [6.45, 7) is 0. The van der Waals surface area contributed by atoms with Gasteiger partial charge < -0.3 is 0 Å². The van der Waals surface area contributed by atoms with Gasteiger partial charge in [0.15, 0.2) is 0 Å². The summed E-state index contributed by atoms with van der Waals surface area (Å²) in [5.41, 5.74) is -0.469. The zero-order valence-corrected chi connectivity index (χ0v) is 11.3.